The Morgan fingerprint density at radius 1 is 1.46 bits per heavy atom. The van der Waals surface area contributed by atoms with E-state index in [2.05, 4.69) is 18.2 Å². The van der Waals surface area contributed by atoms with Crippen molar-refractivity contribution in [2.24, 2.45) is 5.92 Å². The molecule has 0 N–H and O–H groups in total. The van der Waals surface area contributed by atoms with Crippen molar-refractivity contribution in [3.8, 4) is 0 Å². The Bertz CT molecular complexity index is 251. The molecule has 0 saturated heterocycles. The van der Waals surface area contributed by atoms with E-state index >= 15 is 0 Å². The first-order valence-electron chi connectivity index (χ1n) is 4.88. The fourth-order valence-electron chi connectivity index (χ4n) is 1.70. The van der Waals surface area contributed by atoms with E-state index in [-0.39, 0.29) is 0 Å². The predicted octanol–water partition coefficient (Wildman–Crippen LogP) is 2.45. The van der Waals surface area contributed by atoms with E-state index < -0.39 is 0 Å². The Labute approximate surface area is 79.7 Å². The lowest BCUT2D eigenvalue weighted by molar-refractivity contribution is 0.0848. The fraction of sp³-hybridized carbons (Fsp3) is 0.500. The maximum atomic E-state index is 5.47. The molecule has 0 aromatic heterocycles. The van der Waals surface area contributed by atoms with E-state index in [1.165, 1.54) is 18.4 Å². The van der Waals surface area contributed by atoms with Crippen molar-refractivity contribution < 1.29 is 4.74 Å². The van der Waals surface area contributed by atoms with Crippen molar-refractivity contribution in [3.63, 3.8) is 0 Å². The van der Waals surface area contributed by atoms with Crippen LogP contribution in [0.3, 0.4) is 0 Å². The highest BCUT2D eigenvalue weighted by molar-refractivity contribution is 5.15. The molecule has 0 amide bonds. The Kier molecular flexibility index (Phi) is 2.65. The van der Waals surface area contributed by atoms with Gasteiger partial charge in [0.25, 0.3) is 0 Å². The van der Waals surface area contributed by atoms with Crippen molar-refractivity contribution in [1.82, 2.24) is 0 Å². The topological polar surface area (TPSA) is 9.23 Å². The van der Waals surface area contributed by atoms with Crippen LogP contribution in [0.4, 0.5) is 0 Å². The van der Waals surface area contributed by atoms with Gasteiger partial charge in [-0.15, -0.1) is 0 Å². The van der Waals surface area contributed by atoms with Crippen LogP contribution in [0.5, 0.6) is 0 Å². The molecule has 1 aliphatic rings. The average molecular weight is 175 g/mol. The van der Waals surface area contributed by atoms with Crippen LogP contribution in [-0.2, 0) is 11.2 Å². The molecule has 1 fully saturated rings. The summed E-state index contributed by atoms with van der Waals surface area (Å²) < 4.78 is 5.47. The third kappa shape index (κ3) is 2.31. The van der Waals surface area contributed by atoms with E-state index in [4.69, 9.17) is 4.74 Å². The van der Waals surface area contributed by atoms with E-state index in [0.29, 0.717) is 6.10 Å². The molecule has 13 heavy (non-hydrogen) atoms. The Hall–Kier alpha value is -0.820. The van der Waals surface area contributed by atoms with Gasteiger partial charge in [0.1, 0.15) is 0 Å². The molecule has 1 saturated carbocycles. The highest BCUT2D eigenvalue weighted by Crippen LogP contribution is 2.35. The zero-order chi connectivity index (χ0) is 9.10. The zero-order valence-electron chi connectivity index (χ0n) is 7.99. The van der Waals surface area contributed by atoms with Crippen LogP contribution in [0, 0.1) is 12.0 Å². The van der Waals surface area contributed by atoms with Gasteiger partial charge in [-0.1, -0.05) is 24.3 Å². The van der Waals surface area contributed by atoms with Gasteiger partial charge in [0, 0.05) is 7.11 Å². The van der Waals surface area contributed by atoms with Gasteiger partial charge < -0.3 is 4.74 Å². The summed E-state index contributed by atoms with van der Waals surface area (Å²) in [6.45, 7) is 0. The van der Waals surface area contributed by atoms with Crippen LogP contribution < -0.4 is 0 Å². The van der Waals surface area contributed by atoms with Crippen molar-refractivity contribution in [2.75, 3.05) is 7.11 Å². The second-order valence-corrected chi connectivity index (χ2v) is 3.72. The quantitative estimate of drug-likeness (QED) is 0.683. The summed E-state index contributed by atoms with van der Waals surface area (Å²) in [6, 6.07) is 11.2. The summed E-state index contributed by atoms with van der Waals surface area (Å²) in [5.74, 6) is 0.814. The lowest BCUT2D eigenvalue weighted by atomic mass is 10.0. The fourth-order valence-corrected chi connectivity index (χ4v) is 1.70. The zero-order valence-corrected chi connectivity index (χ0v) is 7.99. The minimum Gasteiger partial charge on any atom is -0.381 e. The van der Waals surface area contributed by atoms with Gasteiger partial charge in [0.15, 0.2) is 0 Å². The molecule has 69 valence electrons. The van der Waals surface area contributed by atoms with Crippen LogP contribution in [0.1, 0.15) is 18.4 Å². The van der Waals surface area contributed by atoms with Crippen LogP contribution in [0.25, 0.3) is 0 Å². The van der Waals surface area contributed by atoms with Crippen molar-refractivity contribution >= 4 is 0 Å². The normalized spacial score (nSPS) is 18.5. The van der Waals surface area contributed by atoms with Crippen LogP contribution in [0.2, 0.25) is 0 Å². The molecule has 0 aliphatic heterocycles. The van der Waals surface area contributed by atoms with Gasteiger partial charge in [-0.05, 0) is 36.8 Å². The SMILES string of the molecule is COC(Cc1cc[c]cc1)C1CC1. The molecular weight excluding hydrogens is 160 g/mol. The molecule has 1 aromatic rings. The molecule has 2 rings (SSSR count). The summed E-state index contributed by atoms with van der Waals surface area (Å²) in [4.78, 5) is 0. The van der Waals surface area contributed by atoms with Crippen molar-refractivity contribution in [3.05, 3.63) is 35.9 Å². The highest BCUT2D eigenvalue weighted by Gasteiger charge is 2.30. The predicted molar refractivity (Wildman–Crippen MR) is 52.5 cm³/mol. The molecule has 0 heterocycles. The molecule has 1 aromatic carbocycles. The lowest BCUT2D eigenvalue weighted by Gasteiger charge is -2.13. The third-order valence-corrected chi connectivity index (χ3v) is 2.67. The summed E-state index contributed by atoms with van der Waals surface area (Å²) in [5.41, 5.74) is 1.36. The molecule has 1 heteroatoms. The standard InChI is InChI=1S/C12H15O/c1-13-12(11-7-8-11)9-10-5-3-2-4-6-10/h3-6,11-12H,7-9H2,1H3. The number of rotatable bonds is 4. The molecule has 1 unspecified atom stereocenters. The monoisotopic (exact) mass is 175 g/mol. The number of benzene rings is 1. The maximum Gasteiger partial charge on any atom is 0.0639 e. The van der Waals surface area contributed by atoms with E-state index in [1.807, 2.05) is 19.2 Å². The first kappa shape index (κ1) is 8.76. The Morgan fingerprint density at radius 2 is 2.15 bits per heavy atom. The molecule has 1 nitrogen and oxygen atoms in total. The molecular formula is C12H15O. The number of ether oxygens (including phenoxy) is 1. The highest BCUT2D eigenvalue weighted by atomic mass is 16.5. The number of hydrogen-bond acceptors (Lipinski definition) is 1. The van der Waals surface area contributed by atoms with Crippen molar-refractivity contribution in [1.29, 1.82) is 0 Å². The number of methoxy groups -OCH3 is 1. The summed E-state index contributed by atoms with van der Waals surface area (Å²) >= 11 is 0. The average Bonchev–Trinajstić information content (AvgIpc) is 2.99. The second kappa shape index (κ2) is 3.93. The Morgan fingerprint density at radius 3 is 2.69 bits per heavy atom. The lowest BCUT2D eigenvalue weighted by Crippen LogP contribution is -2.16. The largest absolute Gasteiger partial charge is 0.381 e. The van der Waals surface area contributed by atoms with Gasteiger partial charge in [-0.3, -0.25) is 0 Å². The van der Waals surface area contributed by atoms with Gasteiger partial charge in [-0.2, -0.15) is 0 Å². The maximum absolute atomic E-state index is 5.47. The third-order valence-electron chi connectivity index (χ3n) is 2.67. The molecule has 0 spiro atoms. The van der Waals surface area contributed by atoms with Gasteiger partial charge >= 0.3 is 0 Å². The van der Waals surface area contributed by atoms with E-state index in [9.17, 15) is 0 Å². The number of hydrogen-bond donors (Lipinski definition) is 0. The second-order valence-electron chi connectivity index (χ2n) is 3.72. The smallest absolute Gasteiger partial charge is 0.0639 e. The summed E-state index contributed by atoms with van der Waals surface area (Å²) in [7, 11) is 1.82. The van der Waals surface area contributed by atoms with Crippen molar-refractivity contribution in [2.45, 2.75) is 25.4 Å². The minimum atomic E-state index is 0.433. The Balaban J connectivity index is 1.95. The van der Waals surface area contributed by atoms with Crippen LogP contribution >= 0.6 is 0 Å². The molecule has 0 bridgehead atoms. The van der Waals surface area contributed by atoms with E-state index in [0.717, 1.165) is 12.3 Å². The molecule has 1 atom stereocenters. The van der Waals surface area contributed by atoms with Gasteiger partial charge in [0.2, 0.25) is 0 Å². The van der Waals surface area contributed by atoms with Crippen LogP contribution in [0.15, 0.2) is 24.3 Å². The molecule has 1 aliphatic carbocycles. The minimum absolute atomic E-state index is 0.433. The first-order chi connectivity index (χ1) is 6.40. The molecule has 1 radical (unpaired) electrons. The van der Waals surface area contributed by atoms with E-state index in [1.54, 1.807) is 0 Å². The van der Waals surface area contributed by atoms with Gasteiger partial charge in [0.05, 0.1) is 6.10 Å². The summed E-state index contributed by atoms with van der Waals surface area (Å²) in [5, 5.41) is 0. The summed E-state index contributed by atoms with van der Waals surface area (Å²) in [6.07, 6.45) is 4.17. The van der Waals surface area contributed by atoms with Crippen LogP contribution in [-0.4, -0.2) is 13.2 Å². The first-order valence-corrected chi connectivity index (χ1v) is 4.88. The van der Waals surface area contributed by atoms with Gasteiger partial charge in [-0.25, -0.2) is 0 Å².